The van der Waals surface area contributed by atoms with Gasteiger partial charge in [0, 0.05) is 5.92 Å². The van der Waals surface area contributed by atoms with Crippen molar-refractivity contribution in [1.82, 2.24) is 0 Å². The molecule has 0 radical (unpaired) electrons. The molecule has 0 spiro atoms. The summed E-state index contributed by atoms with van der Waals surface area (Å²) in [6, 6.07) is 0. The van der Waals surface area contributed by atoms with Crippen LogP contribution in [0.5, 0.6) is 0 Å². The van der Waals surface area contributed by atoms with E-state index < -0.39 is 0 Å². The number of allylic oxidation sites excluding steroid dienone is 2. The molecule has 0 aromatic rings. The van der Waals surface area contributed by atoms with Gasteiger partial charge >= 0.3 is 0 Å². The molecule has 0 aromatic heterocycles. The molecule has 116 valence electrons. The van der Waals surface area contributed by atoms with E-state index in [2.05, 4.69) is 26.8 Å². The average molecular weight is 278 g/mol. The highest BCUT2D eigenvalue weighted by molar-refractivity contribution is 5.97. The molecule has 1 aliphatic rings. The Morgan fingerprint density at radius 3 is 2.30 bits per heavy atom. The number of Topliss-reactive ketones (excluding diaryl/α,β-unsaturated/α-hetero) is 1. The molecule has 0 bridgehead atoms. The van der Waals surface area contributed by atoms with Gasteiger partial charge in [-0.2, -0.15) is 0 Å². The summed E-state index contributed by atoms with van der Waals surface area (Å²) >= 11 is 0. The van der Waals surface area contributed by atoms with Crippen molar-refractivity contribution >= 4 is 5.78 Å². The minimum Gasteiger partial charge on any atom is -0.294 e. The molecule has 0 aromatic carbocycles. The highest BCUT2D eigenvalue weighted by Crippen LogP contribution is 2.33. The van der Waals surface area contributed by atoms with Gasteiger partial charge in [-0.15, -0.1) is 0 Å². The van der Waals surface area contributed by atoms with Crippen molar-refractivity contribution in [3.63, 3.8) is 0 Å². The van der Waals surface area contributed by atoms with E-state index in [0.29, 0.717) is 17.6 Å². The van der Waals surface area contributed by atoms with Gasteiger partial charge in [-0.05, 0) is 43.6 Å². The van der Waals surface area contributed by atoms with Crippen LogP contribution in [-0.2, 0) is 4.79 Å². The topological polar surface area (TPSA) is 17.1 Å². The maximum Gasteiger partial charge on any atom is 0.161 e. The third-order valence-electron chi connectivity index (χ3n) is 4.60. The minimum absolute atomic E-state index is 0.332. The Labute approximate surface area is 126 Å². The number of ketones is 1. The average Bonchev–Trinajstić information content (AvgIpc) is 2.46. The summed E-state index contributed by atoms with van der Waals surface area (Å²) in [6.07, 6.45) is 15.6. The van der Waals surface area contributed by atoms with Gasteiger partial charge in [-0.3, -0.25) is 4.79 Å². The van der Waals surface area contributed by atoms with E-state index in [4.69, 9.17) is 0 Å². The zero-order chi connectivity index (χ0) is 14.8. The SMILES string of the molecule is CCCCCC1C=C(CCCC)C(=O)C(CCCC)C1. The molecular weight excluding hydrogens is 244 g/mol. The summed E-state index contributed by atoms with van der Waals surface area (Å²) < 4.78 is 0. The van der Waals surface area contributed by atoms with E-state index in [0.717, 1.165) is 19.3 Å². The first-order chi connectivity index (χ1) is 9.72. The van der Waals surface area contributed by atoms with Crippen molar-refractivity contribution in [2.24, 2.45) is 11.8 Å². The lowest BCUT2D eigenvalue weighted by Crippen LogP contribution is -2.25. The first kappa shape index (κ1) is 17.5. The third-order valence-corrected chi connectivity index (χ3v) is 4.60. The molecule has 0 amide bonds. The van der Waals surface area contributed by atoms with Gasteiger partial charge < -0.3 is 0 Å². The zero-order valence-corrected chi connectivity index (χ0v) is 13.9. The summed E-state index contributed by atoms with van der Waals surface area (Å²) in [5.74, 6) is 1.49. The normalized spacial score (nSPS) is 22.9. The third kappa shape index (κ3) is 5.81. The van der Waals surface area contributed by atoms with Gasteiger partial charge in [0.2, 0.25) is 0 Å². The largest absolute Gasteiger partial charge is 0.294 e. The van der Waals surface area contributed by atoms with Crippen molar-refractivity contribution in [3.8, 4) is 0 Å². The Hall–Kier alpha value is -0.590. The van der Waals surface area contributed by atoms with E-state index in [1.807, 2.05) is 0 Å². The minimum atomic E-state index is 0.332. The summed E-state index contributed by atoms with van der Waals surface area (Å²) in [5.41, 5.74) is 1.17. The van der Waals surface area contributed by atoms with Crippen LogP contribution in [0.4, 0.5) is 0 Å². The highest BCUT2D eigenvalue weighted by atomic mass is 16.1. The quantitative estimate of drug-likeness (QED) is 0.443. The number of hydrogen-bond acceptors (Lipinski definition) is 1. The molecule has 1 rings (SSSR count). The highest BCUT2D eigenvalue weighted by Gasteiger charge is 2.28. The molecule has 0 aliphatic heterocycles. The Morgan fingerprint density at radius 2 is 1.65 bits per heavy atom. The fraction of sp³-hybridized carbons (Fsp3) is 0.842. The number of unbranched alkanes of at least 4 members (excludes halogenated alkanes) is 4. The lowest BCUT2D eigenvalue weighted by atomic mass is 9.76. The Morgan fingerprint density at radius 1 is 0.950 bits per heavy atom. The lowest BCUT2D eigenvalue weighted by molar-refractivity contribution is -0.120. The van der Waals surface area contributed by atoms with E-state index in [9.17, 15) is 4.79 Å². The van der Waals surface area contributed by atoms with Crippen LogP contribution in [-0.4, -0.2) is 5.78 Å². The Bertz CT molecular complexity index is 303. The predicted octanol–water partition coefficient (Wildman–Crippen LogP) is 6.08. The standard InChI is InChI=1S/C19H34O/c1-4-7-10-11-16-14-17(12-8-5-2)19(20)18(15-16)13-9-6-3/h14,16,18H,4-13,15H2,1-3H3. The van der Waals surface area contributed by atoms with E-state index >= 15 is 0 Å². The number of hydrogen-bond donors (Lipinski definition) is 0. The summed E-state index contributed by atoms with van der Waals surface area (Å²) in [6.45, 7) is 6.69. The van der Waals surface area contributed by atoms with Crippen LogP contribution < -0.4 is 0 Å². The molecule has 2 atom stereocenters. The smallest absolute Gasteiger partial charge is 0.161 e. The van der Waals surface area contributed by atoms with Gasteiger partial charge in [0.25, 0.3) is 0 Å². The fourth-order valence-corrected chi connectivity index (χ4v) is 3.30. The van der Waals surface area contributed by atoms with E-state index in [1.165, 1.54) is 56.9 Å². The number of carbonyl (C=O) groups excluding carboxylic acids is 1. The molecule has 0 fully saturated rings. The first-order valence-corrected chi connectivity index (χ1v) is 8.97. The molecular formula is C19H34O. The molecule has 20 heavy (non-hydrogen) atoms. The first-order valence-electron chi connectivity index (χ1n) is 8.97. The monoisotopic (exact) mass is 278 g/mol. The van der Waals surface area contributed by atoms with Gasteiger partial charge in [-0.25, -0.2) is 0 Å². The van der Waals surface area contributed by atoms with Crippen molar-refractivity contribution in [2.45, 2.75) is 91.4 Å². The second-order valence-electron chi connectivity index (χ2n) is 6.49. The fourth-order valence-electron chi connectivity index (χ4n) is 3.30. The number of rotatable bonds is 10. The Kier molecular flexibility index (Phi) is 8.89. The summed E-state index contributed by atoms with van der Waals surface area (Å²) in [4.78, 5) is 12.5. The van der Waals surface area contributed by atoms with Gasteiger partial charge in [0.1, 0.15) is 0 Å². The van der Waals surface area contributed by atoms with Crippen LogP contribution in [0.2, 0.25) is 0 Å². The van der Waals surface area contributed by atoms with Crippen LogP contribution in [0.3, 0.4) is 0 Å². The van der Waals surface area contributed by atoms with Crippen molar-refractivity contribution in [3.05, 3.63) is 11.6 Å². The second kappa shape index (κ2) is 10.2. The Balaban J connectivity index is 2.63. The van der Waals surface area contributed by atoms with Crippen LogP contribution >= 0.6 is 0 Å². The van der Waals surface area contributed by atoms with Crippen LogP contribution in [0.15, 0.2) is 11.6 Å². The number of carbonyl (C=O) groups is 1. The van der Waals surface area contributed by atoms with E-state index in [1.54, 1.807) is 0 Å². The molecule has 2 unspecified atom stereocenters. The van der Waals surface area contributed by atoms with Crippen LogP contribution in [0, 0.1) is 11.8 Å². The summed E-state index contributed by atoms with van der Waals surface area (Å²) in [5, 5.41) is 0. The molecule has 0 heterocycles. The molecule has 0 saturated heterocycles. The van der Waals surface area contributed by atoms with Gasteiger partial charge in [-0.1, -0.05) is 65.4 Å². The van der Waals surface area contributed by atoms with Crippen molar-refractivity contribution < 1.29 is 4.79 Å². The molecule has 0 N–H and O–H groups in total. The predicted molar refractivity (Wildman–Crippen MR) is 87.9 cm³/mol. The molecule has 0 saturated carbocycles. The maximum absolute atomic E-state index is 12.5. The van der Waals surface area contributed by atoms with Crippen molar-refractivity contribution in [2.75, 3.05) is 0 Å². The lowest BCUT2D eigenvalue weighted by Gasteiger charge is -2.28. The van der Waals surface area contributed by atoms with E-state index in [-0.39, 0.29) is 0 Å². The molecule has 1 heteroatoms. The van der Waals surface area contributed by atoms with Gasteiger partial charge in [0.05, 0.1) is 0 Å². The molecule has 1 nitrogen and oxygen atoms in total. The second-order valence-corrected chi connectivity index (χ2v) is 6.49. The van der Waals surface area contributed by atoms with Crippen LogP contribution in [0.25, 0.3) is 0 Å². The maximum atomic E-state index is 12.5. The van der Waals surface area contributed by atoms with Gasteiger partial charge in [0.15, 0.2) is 5.78 Å². The summed E-state index contributed by atoms with van der Waals surface area (Å²) in [7, 11) is 0. The molecule has 1 aliphatic carbocycles. The zero-order valence-electron chi connectivity index (χ0n) is 13.9. The van der Waals surface area contributed by atoms with Crippen molar-refractivity contribution in [1.29, 1.82) is 0 Å². The van der Waals surface area contributed by atoms with Crippen LogP contribution in [0.1, 0.15) is 91.4 Å².